The number of rotatable bonds is 12. The monoisotopic (exact) mass is 301 g/mol. The summed E-state index contributed by atoms with van der Waals surface area (Å²) in [6.07, 6.45) is 11.9. The molecule has 2 N–H and O–H groups in total. The van der Waals surface area contributed by atoms with Crippen LogP contribution in [0.5, 0.6) is 0 Å². The highest BCUT2D eigenvalue weighted by Gasteiger charge is 2.04. The minimum atomic E-state index is 0.829. The zero-order valence-corrected chi connectivity index (χ0v) is 14.4. The van der Waals surface area contributed by atoms with Crippen molar-refractivity contribution in [1.82, 2.24) is 15.5 Å². The van der Waals surface area contributed by atoms with E-state index in [2.05, 4.69) is 35.3 Å². The lowest BCUT2D eigenvalue weighted by atomic mass is 10.3. The van der Waals surface area contributed by atoms with Crippen molar-refractivity contribution in [3.05, 3.63) is 73.3 Å². The van der Waals surface area contributed by atoms with Gasteiger partial charge in [0.1, 0.15) is 0 Å². The Morgan fingerprint density at radius 3 is 1.55 bits per heavy atom. The fourth-order valence-electron chi connectivity index (χ4n) is 1.92. The first-order valence-corrected chi connectivity index (χ1v) is 7.72. The number of allylic oxidation sites excluding steroid dienone is 6. The van der Waals surface area contributed by atoms with Gasteiger partial charge in [-0.15, -0.1) is 0 Å². The van der Waals surface area contributed by atoms with Gasteiger partial charge in [-0.05, 0) is 39.0 Å². The van der Waals surface area contributed by atoms with E-state index < -0.39 is 0 Å². The molecule has 122 valence electrons. The summed E-state index contributed by atoms with van der Waals surface area (Å²) in [5.74, 6) is 0. The van der Waals surface area contributed by atoms with Crippen molar-refractivity contribution in [2.45, 2.75) is 20.8 Å². The molecule has 0 aliphatic carbocycles. The summed E-state index contributed by atoms with van der Waals surface area (Å²) in [7, 11) is 0. The molecular weight excluding hydrogens is 270 g/mol. The predicted molar refractivity (Wildman–Crippen MR) is 99.4 cm³/mol. The van der Waals surface area contributed by atoms with Gasteiger partial charge < -0.3 is 15.5 Å². The fourth-order valence-corrected chi connectivity index (χ4v) is 1.92. The molecule has 3 heteroatoms. The summed E-state index contributed by atoms with van der Waals surface area (Å²) >= 11 is 0. The van der Waals surface area contributed by atoms with Gasteiger partial charge in [-0.3, -0.25) is 0 Å². The van der Waals surface area contributed by atoms with E-state index in [9.17, 15) is 0 Å². The van der Waals surface area contributed by atoms with Crippen LogP contribution in [-0.2, 0) is 0 Å². The molecule has 0 aromatic heterocycles. The molecular formula is C19H31N3. The van der Waals surface area contributed by atoms with Crippen molar-refractivity contribution in [3.63, 3.8) is 0 Å². The van der Waals surface area contributed by atoms with Crippen molar-refractivity contribution >= 4 is 0 Å². The van der Waals surface area contributed by atoms with Crippen molar-refractivity contribution in [2.75, 3.05) is 26.2 Å². The molecule has 0 rings (SSSR count). The van der Waals surface area contributed by atoms with Crippen molar-refractivity contribution in [2.24, 2.45) is 0 Å². The van der Waals surface area contributed by atoms with Gasteiger partial charge in [0, 0.05) is 43.3 Å². The second-order valence-electron chi connectivity index (χ2n) is 4.88. The van der Waals surface area contributed by atoms with E-state index >= 15 is 0 Å². The summed E-state index contributed by atoms with van der Waals surface area (Å²) in [4.78, 5) is 2.24. The number of nitrogens with zero attached hydrogens (tertiary/aromatic N) is 1. The predicted octanol–water partition coefficient (Wildman–Crippen LogP) is 3.74. The molecule has 0 aliphatic heterocycles. The van der Waals surface area contributed by atoms with Crippen LogP contribution in [0.1, 0.15) is 20.8 Å². The van der Waals surface area contributed by atoms with Gasteiger partial charge in [-0.1, -0.05) is 38.0 Å². The van der Waals surface area contributed by atoms with Gasteiger partial charge in [0.15, 0.2) is 0 Å². The smallest absolute Gasteiger partial charge is 0.0352 e. The van der Waals surface area contributed by atoms with Crippen LogP contribution in [0, 0.1) is 0 Å². The molecule has 0 amide bonds. The van der Waals surface area contributed by atoms with Gasteiger partial charge >= 0.3 is 0 Å². The number of hydrogen-bond donors (Lipinski definition) is 2. The minimum absolute atomic E-state index is 0.829. The molecule has 0 heterocycles. The maximum absolute atomic E-state index is 4.12. The van der Waals surface area contributed by atoms with E-state index in [4.69, 9.17) is 0 Å². The van der Waals surface area contributed by atoms with Crippen molar-refractivity contribution in [3.8, 4) is 0 Å². The molecule has 0 aromatic carbocycles. The van der Waals surface area contributed by atoms with Crippen molar-refractivity contribution < 1.29 is 0 Å². The first-order valence-electron chi connectivity index (χ1n) is 7.72. The maximum atomic E-state index is 4.12. The third-order valence-electron chi connectivity index (χ3n) is 2.97. The molecule has 0 aliphatic rings. The van der Waals surface area contributed by atoms with Crippen LogP contribution in [0.3, 0.4) is 0 Å². The van der Waals surface area contributed by atoms with E-state index in [1.165, 1.54) is 0 Å². The molecule has 0 radical (unpaired) electrons. The van der Waals surface area contributed by atoms with Crippen LogP contribution in [-0.4, -0.2) is 31.1 Å². The number of nitrogens with one attached hydrogen (secondary N) is 2. The Morgan fingerprint density at radius 1 is 0.773 bits per heavy atom. The average molecular weight is 301 g/mol. The van der Waals surface area contributed by atoms with Crippen LogP contribution in [0.4, 0.5) is 0 Å². The largest absolute Gasteiger partial charge is 0.384 e. The first-order chi connectivity index (χ1) is 10.5. The average Bonchev–Trinajstić information content (AvgIpc) is 2.46. The van der Waals surface area contributed by atoms with E-state index in [0.29, 0.717) is 0 Å². The summed E-state index contributed by atoms with van der Waals surface area (Å²) in [6.45, 7) is 21.4. The number of hydrogen-bond acceptors (Lipinski definition) is 3. The van der Waals surface area contributed by atoms with Gasteiger partial charge in [0.2, 0.25) is 0 Å². The standard InChI is InChI=1S/C19H31N3/c1-7-10-17(4)20-13-15-22(19(6)12-9-3)16-14-21-18(5)11-8-2/h7-12,20-21H,4-6,13-16H2,1-3H3/b10-7+,11-8+,12-9+. The van der Waals surface area contributed by atoms with E-state index in [-0.39, 0.29) is 0 Å². The lowest BCUT2D eigenvalue weighted by Crippen LogP contribution is -2.35. The van der Waals surface area contributed by atoms with Crippen molar-refractivity contribution in [1.29, 1.82) is 0 Å². The molecule has 3 nitrogen and oxygen atoms in total. The molecule has 0 atom stereocenters. The van der Waals surface area contributed by atoms with Gasteiger partial charge in [-0.2, -0.15) is 0 Å². The second kappa shape index (κ2) is 12.6. The highest BCUT2D eigenvalue weighted by molar-refractivity contribution is 5.15. The van der Waals surface area contributed by atoms with Crippen LogP contribution in [0.25, 0.3) is 0 Å². The molecule has 0 unspecified atom stereocenters. The first kappa shape index (κ1) is 19.8. The third kappa shape index (κ3) is 9.70. The molecule has 0 spiro atoms. The molecule has 0 aromatic rings. The van der Waals surface area contributed by atoms with Crippen LogP contribution in [0.15, 0.2) is 73.3 Å². The highest BCUT2D eigenvalue weighted by Crippen LogP contribution is 2.03. The Morgan fingerprint density at radius 2 is 1.18 bits per heavy atom. The van der Waals surface area contributed by atoms with Gasteiger partial charge in [0.25, 0.3) is 0 Å². The maximum Gasteiger partial charge on any atom is 0.0352 e. The van der Waals surface area contributed by atoms with Crippen LogP contribution in [0.2, 0.25) is 0 Å². The summed E-state index contributed by atoms with van der Waals surface area (Å²) in [5, 5.41) is 6.59. The summed E-state index contributed by atoms with van der Waals surface area (Å²) < 4.78 is 0. The zero-order valence-electron chi connectivity index (χ0n) is 14.4. The Hall–Kier alpha value is -2.16. The van der Waals surface area contributed by atoms with E-state index in [0.717, 1.165) is 43.3 Å². The molecule has 0 saturated heterocycles. The van der Waals surface area contributed by atoms with E-state index in [1.54, 1.807) is 0 Å². The van der Waals surface area contributed by atoms with Crippen LogP contribution < -0.4 is 10.6 Å². The SMILES string of the molecule is C=C(/C=C/C)NCCN(CCNC(=C)/C=C/C)C(=C)/C=C/C. The van der Waals surface area contributed by atoms with E-state index in [1.807, 2.05) is 57.2 Å². The Labute approximate surface area is 136 Å². The summed E-state index contributed by atoms with van der Waals surface area (Å²) in [6, 6.07) is 0. The lowest BCUT2D eigenvalue weighted by molar-refractivity contribution is 0.358. The Bertz CT molecular complexity index is 412. The lowest BCUT2D eigenvalue weighted by Gasteiger charge is -2.26. The molecule has 0 saturated carbocycles. The third-order valence-corrected chi connectivity index (χ3v) is 2.97. The highest BCUT2D eigenvalue weighted by atomic mass is 15.2. The van der Waals surface area contributed by atoms with Crippen LogP contribution >= 0.6 is 0 Å². The summed E-state index contributed by atoms with van der Waals surface area (Å²) in [5.41, 5.74) is 2.87. The second-order valence-corrected chi connectivity index (χ2v) is 4.88. The van der Waals surface area contributed by atoms with Gasteiger partial charge in [-0.25, -0.2) is 0 Å². The molecule has 0 fully saturated rings. The normalized spacial score (nSPS) is 11.2. The fraction of sp³-hybridized carbons (Fsp3) is 0.368. The van der Waals surface area contributed by atoms with Gasteiger partial charge in [0.05, 0.1) is 0 Å². The minimum Gasteiger partial charge on any atom is -0.384 e. The molecule has 22 heavy (non-hydrogen) atoms. The Kier molecular flexibility index (Phi) is 11.3. The topological polar surface area (TPSA) is 27.3 Å². The Balaban J connectivity index is 4.35. The molecule has 0 bridgehead atoms. The quantitative estimate of drug-likeness (QED) is 0.538. The zero-order chi connectivity index (χ0) is 16.8.